The van der Waals surface area contributed by atoms with Gasteiger partial charge in [-0.3, -0.25) is 0 Å². The minimum Gasteiger partial charge on any atom is -0.317 e. The summed E-state index contributed by atoms with van der Waals surface area (Å²) in [5.74, 6) is 0. The Bertz CT molecular complexity index is 537. The Kier molecular flexibility index (Phi) is 5.19. The Hall–Kier alpha value is -1.34. The molecule has 0 aliphatic carbocycles. The van der Waals surface area contributed by atoms with E-state index < -0.39 is 0 Å². The highest BCUT2D eigenvalue weighted by Crippen LogP contribution is 2.28. The van der Waals surface area contributed by atoms with Crippen LogP contribution in [0.2, 0.25) is 0 Å². The first-order valence-electron chi connectivity index (χ1n) is 7.80. The van der Waals surface area contributed by atoms with Gasteiger partial charge in [0, 0.05) is 0 Å². The smallest absolute Gasteiger partial charge is 0.00439 e. The van der Waals surface area contributed by atoms with Crippen molar-refractivity contribution in [2.75, 3.05) is 13.1 Å². The maximum atomic E-state index is 3.43. The Morgan fingerprint density at radius 2 is 1.70 bits per heavy atom. The van der Waals surface area contributed by atoms with Gasteiger partial charge in [0.2, 0.25) is 0 Å². The van der Waals surface area contributed by atoms with Crippen LogP contribution in [0.15, 0.2) is 42.5 Å². The summed E-state index contributed by atoms with van der Waals surface area (Å²) in [6.07, 6.45) is 3.65. The van der Waals surface area contributed by atoms with Gasteiger partial charge in [-0.1, -0.05) is 63.2 Å². The summed E-state index contributed by atoms with van der Waals surface area (Å²) < 4.78 is 0. The van der Waals surface area contributed by atoms with Gasteiger partial charge in [0.25, 0.3) is 0 Å². The van der Waals surface area contributed by atoms with Crippen molar-refractivity contribution >= 4 is 10.8 Å². The minimum atomic E-state index is 0.402. The van der Waals surface area contributed by atoms with Gasteiger partial charge in [0.1, 0.15) is 0 Å². The second-order valence-corrected chi connectivity index (χ2v) is 6.41. The third kappa shape index (κ3) is 4.08. The molecule has 108 valence electrons. The lowest BCUT2D eigenvalue weighted by Crippen LogP contribution is -2.22. The number of benzene rings is 2. The molecule has 0 bridgehead atoms. The zero-order chi connectivity index (χ0) is 14.4. The molecule has 2 aromatic carbocycles. The molecule has 1 N–H and O–H groups in total. The summed E-state index contributed by atoms with van der Waals surface area (Å²) in [6.45, 7) is 9.13. The summed E-state index contributed by atoms with van der Waals surface area (Å²) >= 11 is 0. The van der Waals surface area contributed by atoms with Crippen molar-refractivity contribution in [3.8, 4) is 0 Å². The van der Waals surface area contributed by atoms with E-state index in [0.29, 0.717) is 5.41 Å². The van der Waals surface area contributed by atoms with E-state index in [-0.39, 0.29) is 0 Å². The van der Waals surface area contributed by atoms with Gasteiger partial charge in [-0.2, -0.15) is 0 Å². The van der Waals surface area contributed by atoms with E-state index >= 15 is 0 Å². The second-order valence-electron chi connectivity index (χ2n) is 6.41. The van der Waals surface area contributed by atoms with Crippen LogP contribution in [0.3, 0.4) is 0 Å². The van der Waals surface area contributed by atoms with Crippen LogP contribution < -0.4 is 5.32 Å². The van der Waals surface area contributed by atoms with Crippen LogP contribution in [0.25, 0.3) is 10.8 Å². The lowest BCUT2D eigenvalue weighted by molar-refractivity contribution is 0.303. The maximum Gasteiger partial charge on any atom is -0.00439 e. The van der Waals surface area contributed by atoms with Crippen molar-refractivity contribution in [3.63, 3.8) is 0 Å². The first-order valence-corrected chi connectivity index (χ1v) is 7.80. The van der Waals surface area contributed by atoms with Gasteiger partial charge >= 0.3 is 0 Å². The fraction of sp³-hybridized carbons (Fsp3) is 0.474. The summed E-state index contributed by atoms with van der Waals surface area (Å²) in [4.78, 5) is 0. The standard InChI is InChI=1S/C19H27N/c1-4-20-15-14-19(2,3)13-12-17-10-7-9-16-8-5-6-11-18(16)17/h5-11,20H,4,12-15H2,1-3H3. The van der Waals surface area contributed by atoms with Crippen LogP contribution in [0.1, 0.15) is 39.2 Å². The molecule has 0 amide bonds. The first-order chi connectivity index (χ1) is 9.62. The van der Waals surface area contributed by atoms with Crippen molar-refractivity contribution < 1.29 is 0 Å². The molecule has 2 aromatic rings. The number of rotatable bonds is 7. The predicted octanol–water partition coefficient (Wildman–Crippen LogP) is 4.80. The molecule has 2 rings (SSSR count). The van der Waals surface area contributed by atoms with Gasteiger partial charge in [0.05, 0.1) is 0 Å². The Morgan fingerprint density at radius 1 is 0.950 bits per heavy atom. The quantitative estimate of drug-likeness (QED) is 0.712. The highest BCUT2D eigenvalue weighted by molar-refractivity contribution is 5.85. The van der Waals surface area contributed by atoms with Gasteiger partial charge in [-0.25, -0.2) is 0 Å². The summed E-state index contributed by atoms with van der Waals surface area (Å²) in [6, 6.07) is 15.4. The fourth-order valence-corrected chi connectivity index (χ4v) is 2.71. The zero-order valence-corrected chi connectivity index (χ0v) is 13.1. The molecule has 20 heavy (non-hydrogen) atoms. The summed E-state index contributed by atoms with van der Waals surface area (Å²) in [7, 11) is 0. The van der Waals surface area contributed by atoms with E-state index in [1.165, 1.54) is 35.6 Å². The van der Waals surface area contributed by atoms with Crippen LogP contribution in [0.4, 0.5) is 0 Å². The molecular weight excluding hydrogens is 242 g/mol. The first kappa shape index (κ1) is 15.1. The molecule has 0 radical (unpaired) electrons. The number of fused-ring (bicyclic) bond motifs is 1. The van der Waals surface area contributed by atoms with Gasteiger partial charge in [0.15, 0.2) is 0 Å². The average Bonchev–Trinajstić information content (AvgIpc) is 2.45. The lowest BCUT2D eigenvalue weighted by atomic mass is 9.82. The van der Waals surface area contributed by atoms with Crippen LogP contribution >= 0.6 is 0 Å². The van der Waals surface area contributed by atoms with Crippen molar-refractivity contribution in [2.24, 2.45) is 5.41 Å². The predicted molar refractivity (Wildman–Crippen MR) is 89.2 cm³/mol. The monoisotopic (exact) mass is 269 g/mol. The topological polar surface area (TPSA) is 12.0 Å². The highest BCUT2D eigenvalue weighted by Gasteiger charge is 2.17. The third-order valence-electron chi connectivity index (χ3n) is 4.18. The average molecular weight is 269 g/mol. The zero-order valence-electron chi connectivity index (χ0n) is 13.1. The molecule has 0 saturated heterocycles. The van der Waals surface area contributed by atoms with Gasteiger partial charge < -0.3 is 5.32 Å². The molecular formula is C19H27N. The Labute approximate surface area is 123 Å². The molecule has 0 aromatic heterocycles. The fourth-order valence-electron chi connectivity index (χ4n) is 2.71. The number of aryl methyl sites for hydroxylation is 1. The van der Waals surface area contributed by atoms with E-state index in [0.717, 1.165) is 13.1 Å². The largest absolute Gasteiger partial charge is 0.317 e. The van der Waals surface area contributed by atoms with E-state index in [4.69, 9.17) is 0 Å². The van der Waals surface area contributed by atoms with Crippen LogP contribution in [-0.2, 0) is 6.42 Å². The van der Waals surface area contributed by atoms with E-state index in [1.54, 1.807) is 0 Å². The molecule has 0 heterocycles. The molecule has 0 spiro atoms. The normalized spacial score (nSPS) is 11.9. The molecule has 0 unspecified atom stereocenters. The van der Waals surface area contributed by atoms with E-state index in [9.17, 15) is 0 Å². The van der Waals surface area contributed by atoms with Crippen LogP contribution in [0, 0.1) is 5.41 Å². The van der Waals surface area contributed by atoms with Crippen molar-refractivity contribution in [2.45, 2.75) is 40.0 Å². The van der Waals surface area contributed by atoms with Crippen LogP contribution in [0.5, 0.6) is 0 Å². The second kappa shape index (κ2) is 6.90. The maximum absolute atomic E-state index is 3.43. The Balaban J connectivity index is 2.02. The highest BCUT2D eigenvalue weighted by atomic mass is 14.8. The van der Waals surface area contributed by atoms with Crippen molar-refractivity contribution in [1.82, 2.24) is 5.32 Å². The van der Waals surface area contributed by atoms with Gasteiger partial charge in [-0.05, 0) is 54.1 Å². The SMILES string of the molecule is CCNCCC(C)(C)CCc1cccc2ccccc12. The van der Waals surface area contributed by atoms with Crippen molar-refractivity contribution in [3.05, 3.63) is 48.0 Å². The number of nitrogens with one attached hydrogen (secondary N) is 1. The molecule has 0 aliphatic heterocycles. The third-order valence-corrected chi connectivity index (χ3v) is 4.18. The van der Waals surface area contributed by atoms with Crippen LogP contribution in [-0.4, -0.2) is 13.1 Å². The lowest BCUT2D eigenvalue weighted by Gasteiger charge is -2.25. The van der Waals surface area contributed by atoms with E-state index in [2.05, 4.69) is 68.6 Å². The summed E-state index contributed by atoms with van der Waals surface area (Å²) in [5, 5.41) is 6.20. The van der Waals surface area contributed by atoms with E-state index in [1.807, 2.05) is 0 Å². The molecule has 0 saturated carbocycles. The molecule has 1 heteroatoms. The molecule has 0 fully saturated rings. The molecule has 0 atom stereocenters. The number of hydrogen-bond donors (Lipinski definition) is 1. The van der Waals surface area contributed by atoms with Gasteiger partial charge in [-0.15, -0.1) is 0 Å². The summed E-state index contributed by atoms with van der Waals surface area (Å²) in [5.41, 5.74) is 1.89. The molecule has 1 nitrogen and oxygen atoms in total. The Morgan fingerprint density at radius 3 is 2.50 bits per heavy atom. The molecule has 0 aliphatic rings. The minimum absolute atomic E-state index is 0.402. The number of hydrogen-bond acceptors (Lipinski definition) is 1. The van der Waals surface area contributed by atoms with Crippen molar-refractivity contribution in [1.29, 1.82) is 0 Å².